The molecule has 90 valence electrons. The molecule has 0 bridgehead atoms. The molecule has 0 spiro atoms. The van der Waals surface area contributed by atoms with Crippen LogP contribution in [0.25, 0.3) is 0 Å². The first-order valence-corrected chi connectivity index (χ1v) is 5.39. The molecule has 5 heteroatoms. The molecule has 0 aromatic carbocycles. The molecule has 3 N–H and O–H groups in total. The fourth-order valence-electron chi connectivity index (χ4n) is 1.79. The van der Waals surface area contributed by atoms with Gasteiger partial charge in [-0.05, 0) is 26.8 Å². The summed E-state index contributed by atoms with van der Waals surface area (Å²) in [7, 11) is 1.76. The number of ether oxygens (including phenoxy) is 2. The van der Waals surface area contributed by atoms with E-state index in [9.17, 15) is 10.2 Å². The van der Waals surface area contributed by atoms with E-state index in [0.717, 1.165) is 12.8 Å². The molecule has 1 aliphatic heterocycles. The van der Waals surface area contributed by atoms with Crippen LogP contribution in [0.3, 0.4) is 0 Å². The van der Waals surface area contributed by atoms with Gasteiger partial charge in [-0.15, -0.1) is 0 Å². The van der Waals surface area contributed by atoms with E-state index in [4.69, 9.17) is 9.47 Å². The lowest BCUT2D eigenvalue weighted by Gasteiger charge is -2.36. The van der Waals surface area contributed by atoms with E-state index in [2.05, 4.69) is 5.32 Å². The maximum Gasteiger partial charge on any atom is 0.174 e. The van der Waals surface area contributed by atoms with Crippen LogP contribution in [0.2, 0.25) is 0 Å². The third-order valence-electron chi connectivity index (χ3n) is 2.77. The van der Waals surface area contributed by atoms with Gasteiger partial charge in [-0.2, -0.15) is 0 Å². The minimum absolute atomic E-state index is 0.439. The van der Waals surface area contributed by atoms with Crippen molar-refractivity contribution in [1.82, 2.24) is 5.32 Å². The standard InChI is InChI=1S/C10H21NO4/c1-10(8(7-11-2)9(12)13)14-5-3-4-6-15-10/h8-9,11-13H,3-7H2,1-2H3. The van der Waals surface area contributed by atoms with Crippen LogP contribution in [0, 0.1) is 5.92 Å². The van der Waals surface area contributed by atoms with Crippen LogP contribution in [0.4, 0.5) is 0 Å². The number of aliphatic hydroxyl groups excluding tert-OH is 1. The summed E-state index contributed by atoms with van der Waals surface area (Å²) in [6.45, 7) is 3.40. The highest BCUT2D eigenvalue weighted by Gasteiger charge is 2.40. The Bertz CT molecular complexity index is 178. The average Bonchev–Trinajstić information content (AvgIpc) is 2.39. The van der Waals surface area contributed by atoms with Crippen molar-refractivity contribution in [3.8, 4) is 0 Å². The zero-order valence-corrected chi connectivity index (χ0v) is 9.40. The maximum atomic E-state index is 9.31. The van der Waals surface area contributed by atoms with Crippen LogP contribution in [0.5, 0.6) is 0 Å². The molecule has 1 rings (SSSR count). The average molecular weight is 219 g/mol. The van der Waals surface area contributed by atoms with Gasteiger partial charge in [0.15, 0.2) is 12.1 Å². The largest absolute Gasteiger partial charge is 0.368 e. The van der Waals surface area contributed by atoms with Crippen molar-refractivity contribution in [3.63, 3.8) is 0 Å². The van der Waals surface area contributed by atoms with Crippen LogP contribution in [-0.4, -0.2) is 49.1 Å². The van der Waals surface area contributed by atoms with Gasteiger partial charge in [-0.1, -0.05) is 0 Å². The fourth-order valence-corrected chi connectivity index (χ4v) is 1.79. The first kappa shape index (κ1) is 12.9. The highest BCUT2D eigenvalue weighted by Crippen LogP contribution is 2.28. The van der Waals surface area contributed by atoms with Gasteiger partial charge in [0, 0.05) is 6.54 Å². The quantitative estimate of drug-likeness (QED) is 0.565. The third kappa shape index (κ3) is 3.39. The van der Waals surface area contributed by atoms with Crippen molar-refractivity contribution < 1.29 is 19.7 Å². The highest BCUT2D eigenvalue weighted by molar-refractivity contribution is 4.80. The molecule has 0 amide bonds. The molecule has 0 aromatic heterocycles. The highest BCUT2D eigenvalue weighted by atomic mass is 16.7. The molecular formula is C10H21NO4. The first-order chi connectivity index (χ1) is 7.10. The van der Waals surface area contributed by atoms with Gasteiger partial charge in [0.25, 0.3) is 0 Å². The predicted octanol–water partition coefficient (Wildman–Crippen LogP) is -0.324. The van der Waals surface area contributed by atoms with Crippen LogP contribution in [0.1, 0.15) is 19.8 Å². The van der Waals surface area contributed by atoms with Gasteiger partial charge in [-0.3, -0.25) is 0 Å². The number of rotatable bonds is 4. The van der Waals surface area contributed by atoms with Crippen molar-refractivity contribution in [1.29, 1.82) is 0 Å². The Morgan fingerprint density at radius 3 is 2.20 bits per heavy atom. The van der Waals surface area contributed by atoms with E-state index >= 15 is 0 Å². The molecule has 0 saturated carbocycles. The molecule has 1 unspecified atom stereocenters. The molecule has 5 nitrogen and oxygen atoms in total. The molecule has 1 atom stereocenters. The SMILES string of the molecule is CNCC(C(O)O)C1(C)OCCCCO1. The van der Waals surface area contributed by atoms with Gasteiger partial charge in [0.1, 0.15) is 0 Å². The van der Waals surface area contributed by atoms with Crippen LogP contribution < -0.4 is 5.32 Å². The monoisotopic (exact) mass is 219 g/mol. The second-order valence-corrected chi connectivity index (χ2v) is 4.00. The lowest BCUT2D eigenvalue weighted by atomic mass is 9.99. The summed E-state index contributed by atoms with van der Waals surface area (Å²) in [6, 6.07) is 0. The van der Waals surface area contributed by atoms with Crippen molar-refractivity contribution in [2.75, 3.05) is 26.8 Å². The smallest absolute Gasteiger partial charge is 0.174 e. The van der Waals surface area contributed by atoms with Gasteiger partial charge in [-0.25, -0.2) is 0 Å². The Labute approximate surface area is 90.4 Å². The van der Waals surface area contributed by atoms with Crippen LogP contribution in [0.15, 0.2) is 0 Å². The van der Waals surface area contributed by atoms with Gasteiger partial charge >= 0.3 is 0 Å². The second kappa shape index (κ2) is 5.77. The summed E-state index contributed by atoms with van der Waals surface area (Å²) >= 11 is 0. The molecule has 1 saturated heterocycles. The molecule has 0 radical (unpaired) electrons. The Kier molecular flexibility index (Phi) is 4.95. The Morgan fingerprint density at radius 2 is 1.80 bits per heavy atom. The number of aliphatic hydroxyl groups is 2. The van der Waals surface area contributed by atoms with Gasteiger partial charge in [0.2, 0.25) is 0 Å². The summed E-state index contributed by atoms with van der Waals surface area (Å²) in [5, 5.41) is 21.5. The van der Waals surface area contributed by atoms with Crippen LogP contribution in [-0.2, 0) is 9.47 Å². The fraction of sp³-hybridized carbons (Fsp3) is 1.00. The van der Waals surface area contributed by atoms with E-state index in [1.165, 1.54) is 0 Å². The lowest BCUT2D eigenvalue weighted by Crippen LogP contribution is -2.50. The van der Waals surface area contributed by atoms with E-state index in [1.807, 2.05) is 0 Å². The Morgan fingerprint density at radius 1 is 1.27 bits per heavy atom. The summed E-state index contributed by atoms with van der Waals surface area (Å²) in [6.07, 6.45) is 0.452. The van der Waals surface area contributed by atoms with E-state index in [1.54, 1.807) is 14.0 Å². The molecule has 0 aromatic rings. The van der Waals surface area contributed by atoms with E-state index in [-0.39, 0.29) is 0 Å². The van der Waals surface area contributed by atoms with E-state index in [0.29, 0.717) is 19.8 Å². The minimum atomic E-state index is -1.44. The molecule has 1 aliphatic rings. The van der Waals surface area contributed by atoms with Gasteiger partial charge < -0.3 is 25.0 Å². The zero-order valence-electron chi connectivity index (χ0n) is 9.40. The number of nitrogens with one attached hydrogen (secondary N) is 1. The topological polar surface area (TPSA) is 71.0 Å². The molecule has 1 fully saturated rings. The third-order valence-corrected chi connectivity index (χ3v) is 2.77. The van der Waals surface area contributed by atoms with Crippen molar-refractivity contribution in [2.24, 2.45) is 5.92 Å². The summed E-state index contributed by atoms with van der Waals surface area (Å²) in [4.78, 5) is 0. The maximum absolute atomic E-state index is 9.31. The number of hydrogen-bond donors (Lipinski definition) is 3. The summed E-state index contributed by atoms with van der Waals surface area (Å²) < 4.78 is 11.2. The Hall–Kier alpha value is -0.200. The first-order valence-electron chi connectivity index (χ1n) is 5.39. The van der Waals surface area contributed by atoms with Crippen molar-refractivity contribution in [3.05, 3.63) is 0 Å². The van der Waals surface area contributed by atoms with Gasteiger partial charge in [0.05, 0.1) is 19.1 Å². The second-order valence-electron chi connectivity index (χ2n) is 4.00. The Balaban J connectivity index is 2.68. The summed E-state index contributed by atoms with van der Waals surface area (Å²) in [5.41, 5.74) is 0. The lowest BCUT2D eigenvalue weighted by molar-refractivity contribution is -0.281. The molecule has 15 heavy (non-hydrogen) atoms. The van der Waals surface area contributed by atoms with Crippen molar-refractivity contribution >= 4 is 0 Å². The molecule has 1 heterocycles. The van der Waals surface area contributed by atoms with Crippen molar-refractivity contribution in [2.45, 2.75) is 31.8 Å². The molecule has 0 aliphatic carbocycles. The number of hydrogen-bond acceptors (Lipinski definition) is 5. The van der Waals surface area contributed by atoms with Crippen LogP contribution >= 0.6 is 0 Å². The molecular weight excluding hydrogens is 198 g/mol. The normalized spacial score (nSPS) is 23.8. The zero-order chi connectivity index (χ0) is 11.3. The minimum Gasteiger partial charge on any atom is -0.368 e. The summed E-state index contributed by atoms with van der Waals surface area (Å²) in [5.74, 6) is -1.39. The van der Waals surface area contributed by atoms with E-state index < -0.39 is 18.0 Å². The predicted molar refractivity (Wildman–Crippen MR) is 55.2 cm³/mol.